The van der Waals surface area contributed by atoms with Crippen LogP contribution in [0.3, 0.4) is 0 Å². The summed E-state index contributed by atoms with van der Waals surface area (Å²) in [6.07, 6.45) is 5.85. The Balaban J connectivity index is 2.57. The van der Waals surface area contributed by atoms with Gasteiger partial charge in [-0.15, -0.1) is 0 Å². The van der Waals surface area contributed by atoms with Crippen molar-refractivity contribution in [3.8, 4) is 0 Å². The molecule has 1 fully saturated rings. The number of methoxy groups -OCH3 is 1. The lowest BCUT2D eigenvalue weighted by atomic mass is 9.99. The van der Waals surface area contributed by atoms with Crippen LogP contribution in [-0.2, 0) is 4.74 Å². The maximum atomic E-state index is 5.72. The van der Waals surface area contributed by atoms with E-state index < -0.39 is 0 Å². The second-order valence-electron chi connectivity index (χ2n) is 5.58. The lowest BCUT2D eigenvalue weighted by Gasteiger charge is -2.33. The molecular weight excluding hydrogens is 244 g/mol. The molecule has 0 aromatic heterocycles. The number of hydrogen-bond donors (Lipinski definition) is 1. The summed E-state index contributed by atoms with van der Waals surface area (Å²) >= 11 is 5.08. The Morgan fingerprint density at radius 2 is 2.00 bits per heavy atom. The van der Waals surface area contributed by atoms with E-state index >= 15 is 0 Å². The molecule has 106 valence electrons. The molecule has 0 saturated heterocycles. The highest BCUT2D eigenvalue weighted by atomic mass is 32.1. The van der Waals surface area contributed by atoms with Crippen molar-refractivity contribution < 1.29 is 4.74 Å². The molecule has 1 rings (SSSR count). The summed E-state index contributed by atoms with van der Waals surface area (Å²) in [5.41, 5.74) is 6.10. The van der Waals surface area contributed by atoms with Crippen LogP contribution in [0.25, 0.3) is 0 Å². The van der Waals surface area contributed by atoms with E-state index in [1.165, 1.54) is 25.7 Å². The first-order valence-electron chi connectivity index (χ1n) is 7.08. The molecule has 0 radical (unpaired) electrons. The van der Waals surface area contributed by atoms with Gasteiger partial charge in [-0.3, -0.25) is 4.90 Å². The Morgan fingerprint density at radius 1 is 1.39 bits per heavy atom. The molecule has 4 heteroatoms. The molecule has 1 saturated carbocycles. The first-order valence-corrected chi connectivity index (χ1v) is 7.49. The summed E-state index contributed by atoms with van der Waals surface area (Å²) < 4.78 is 5.24. The Labute approximate surface area is 117 Å². The number of nitrogens with two attached hydrogens (primary N) is 1. The fourth-order valence-electron chi connectivity index (χ4n) is 2.77. The summed E-state index contributed by atoms with van der Waals surface area (Å²) in [5, 5.41) is 0. The van der Waals surface area contributed by atoms with Gasteiger partial charge in [0, 0.05) is 32.7 Å². The molecule has 1 aliphatic carbocycles. The molecular formula is C14H28N2OS. The molecule has 0 aliphatic heterocycles. The van der Waals surface area contributed by atoms with Crippen LogP contribution in [0.5, 0.6) is 0 Å². The molecule has 0 amide bonds. The highest BCUT2D eigenvalue weighted by molar-refractivity contribution is 7.80. The van der Waals surface area contributed by atoms with Gasteiger partial charge >= 0.3 is 0 Å². The fraction of sp³-hybridized carbons (Fsp3) is 0.929. The van der Waals surface area contributed by atoms with E-state index in [2.05, 4.69) is 18.7 Å². The van der Waals surface area contributed by atoms with Gasteiger partial charge in [0.25, 0.3) is 0 Å². The summed E-state index contributed by atoms with van der Waals surface area (Å²) in [6, 6.07) is 0.656. The second kappa shape index (κ2) is 7.41. The van der Waals surface area contributed by atoms with Crippen LogP contribution in [-0.4, -0.2) is 42.7 Å². The van der Waals surface area contributed by atoms with Crippen molar-refractivity contribution in [3.05, 3.63) is 0 Å². The number of thiocarbonyl (C=S) groups is 1. The fourth-order valence-corrected chi connectivity index (χ4v) is 3.08. The van der Waals surface area contributed by atoms with E-state index in [0.29, 0.717) is 16.4 Å². The van der Waals surface area contributed by atoms with Crippen molar-refractivity contribution in [1.82, 2.24) is 4.90 Å². The van der Waals surface area contributed by atoms with Crippen LogP contribution in [0.15, 0.2) is 0 Å². The lowest BCUT2D eigenvalue weighted by Crippen LogP contribution is -2.41. The van der Waals surface area contributed by atoms with Gasteiger partial charge in [-0.05, 0) is 31.1 Å². The summed E-state index contributed by atoms with van der Waals surface area (Å²) in [7, 11) is 1.77. The third-order valence-electron chi connectivity index (χ3n) is 4.09. The van der Waals surface area contributed by atoms with Gasteiger partial charge in [0.05, 0.1) is 11.6 Å². The van der Waals surface area contributed by atoms with Crippen LogP contribution in [0.2, 0.25) is 0 Å². The van der Waals surface area contributed by atoms with Crippen molar-refractivity contribution >= 4 is 17.2 Å². The van der Waals surface area contributed by atoms with E-state index in [9.17, 15) is 0 Å². The molecule has 3 nitrogen and oxygen atoms in total. The van der Waals surface area contributed by atoms with Gasteiger partial charge in [-0.25, -0.2) is 0 Å². The number of nitrogens with zero attached hydrogens (tertiary/aromatic N) is 1. The normalized spacial score (nSPS) is 17.4. The molecule has 2 N–H and O–H groups in total. The Kier molecular flexibility index (Phi) is 6.53. The molecule has 0 atom stereocenters. The summed E-state index contributed by atoms with van der Waals surface area (Å²) in [4.78, 5) is 3.25. The number of ether oxygens (including phenoxy) is 1. The Morgan fingerprint density at radius 3 is 2.39 bits per heavy atom. The summed E-state index contributed by atoms with van der Waals surface area (Å²) in [5.74, 6) is 0. The predicted molar refractivity (Wildman–Crippen MR) is 80.9 cm³/mol. The van der Waals surface area contributed by atoms with Crippen LogP contribution >= 0.6 is 12.2 Å². The highest BCUT2D eigenvalue weighted by Crippen LogP contribution is 2.49. The van der Waals surface area contributed by atoms with E-state index in [-0.39, 0.29) is 0 Å². The average molecular weight is 272 g/mol. The quantitative estimate of drug-likeness (QED) is 0.620. The zero-order valence-corrected chi connectivity index (χ0v) is 12.9. The third-order valence-corrected chi connectivity index (χ3v) is 4.23. The smallest absolute Gasteiger partial charge is 0.0733 e. The van der Waals surface area contributed by atoms with Gasteiger partial charge < -0.3 is 10.5 Å². The lowest BCUT2D eigenvalue weighted by molar-refractivity contribution is 0.0980. The standard InChI is InChI=1S/C14H28N2OS/c1-4-12(5-2)16(8-9-17-3)11-14(6-7-14)10-13(15)18/h12H,4-11H2,1-3H3,(H2,15,18). The van der Waals surface area contributed by atoms with Crippen LogP contribution in [0, 0.1) is 5.41 Å². The average Bonchev–Trinajstić information content (AvgIpc) is 3.06. The molecule has 0 aromatic carbocycles. The van der Waals surface area contributed by atoms with Crippen LogP contribution in [0.1, 0.15) is 46.0 Å². The summed E-state index contributed by atoms with van der Waals surface area (Å²) in [6.45, 7) is 7.48. The molecule has 0 spiro atoms. The van der Waals surface area contributed by atoms with Crippen molar-refractivity contribution in [3.63, 3.8) is 0 Å². The minimum atomic E-state index is 0.377. The van der Waals surface area contributed by atoms with Gasteiger partial charge in [-0.1, -0.05) is 26.1 Å². The first kappa shape index (κ1) is 15.9. The van der Waals surface area contributed by atoms with Gasteiger partial charge in [0.15, 0.2) is 0 Å². The minimum absolute atomic E-state index is 0.377. The van der Waals surface area contributed by atoms with Gasteiger partial charge in [0.2, 0.25) is 0 Å². The molecule has 0 unspecified atom stereocenters. The number of hydrogen-bond acceptors (Lipinski definition) is 3. The molecule has 1 aliphatic rings. The molecule has 0 bridgehead atoms. The second-order valence-corrected chi connectivity index (χ2v) is 6.10. The van der Waals surface area contributed by atoms with Crippen LogP contribution < -0.4 is 5.73 Å². The van der Waals surface area contributed by atoms with E-state index in [1.54, 1.807) is 7.11 Å². The molecule has 0 heterocycles. The first-order chi connectivity index (χ1) is 8.56. The Bertz CT molecular complexity index is 263. The van der Waals surface area contributed by atoms with Crippen molar-refractivity contribution in [2.75, 3.05) is 26.8 Å². The van der Waals surface area contributed by atoms with Gasteiger partial charge in [0.1, 0.15) is 0 Å². The number of rotatable bonds is 10. The largest absolute Gasteiger partial charge is 0.393 e. The third kappa shape index (κ3) is 4.82. The van der Waals surface area contributed by atoms with Crippen molar-refractivity contribution in [2.24, 2.45) is 11.1 Å². The maximum Gasteiger partial charge on any atom is 0.0733 e. The monoisotopic (exact) mass is 272 g/mol. The minimum Gasteiger partial charge on any atom is -0.393 e. The van der Waals surface area contributed by atoms with E-state index in [1.807, 2.05) is 0 Å². The predicted octanol–water partition coefficient (Wildman–Crippen LogP) is 2.58. The molecule has 18 heavy (non-hydrogen) atoms. The van der Waals surface area contributed by atoms with E-state index in [4.69, 9.17) is 22.7 Å². The Hall–Kier alpha value is -0.190. The zero-order valence-electron chi connectivity index (χ0n) is 12.1. The van der Waals surface area contributed by atoms with Crippen LogP contribution in [0.4, 0.5) is 0 Å². The SMILES string of the molecule is CCC(CC)N(CCOC)CC1(CC(N)=S)CC1. The van der Waals surface area contributed by atoms with Crippen molar-refractivity contribution in [2.45, 2.75) is 52.0 Å². The van der Waals surface area contributed by atoms with Crippen molar-refractivity contribution in [1.29, 1.82) is 0 Å². The molecule has 0 aromatic rings. The van der Waals surface area contributed by atoms with E-state index in [0.717, 1.165) is 26.1 Å². The topological polar surface area (TPSA) is 38.5 Å². The maximum absolute atomic E-state index is 5.72. The van der Waals surface area contributed by atoms with Gasteiger partial charge in [-0.2, -0.15) is 0 Å². The zero-order chi connectivity index (χ0) is 13.6. The highest BCUT2D eigenvalue weighted by Gasteiger charge is 2.44.